The summed E-state index contributed by atoms with van der Waals surface area (Å²) in [5, 5.41) is 2.76. The number of halogens is 1. The molecule has 2 aromatic rings. The van der Waals surface area contributed by atoms with E-state index in [-0.39, 0.29) is 18.3 Å². The average molecular weight is 276 g/mol. The number of benzene rings is 1. The molecule has 1 N–H and O–H groups in total. The fourth-order valence-electron chi connectivity index (χ4n) is 1.81. The Balaban J connectivity index is 1.68. The molecule has 0 saturated carbocycles. The second-order valence-electron chi connectivity index (χ2n) is 4.53. The number of aromatic nitrogens is 1. The van der Waals surface area contributed by atoms with E-state index in [2.05, 4.69) is 5.32 Å². The largest absolute Gasteiger partial charge is 0.484 e. The summed E-state index contributed by atoms with van der Waals surface area (Å²) < 4.78 is 20.1. The molecule has 0 atom stereocenters. The zero-order valence-electron chi connectivity index (χ0n) is 11.3. The molecule has 0 fully saturated rings. The Hall–Kier alpha value is -2.30. The zero-order chi connectivity index (χ0) is 14.4. The molecule has 0 bridgehead atoms. The standard InChI is InChI=1S/C15H17FN2O2/c1-18-8-6-12(10-18)5-7-17-15(19)11-20-14-4-2-3-13(16)9-14/h2-4,6,8-10H,5,7,11H2,1H3,(H,17,19). The van der Waals surface area contributed by atoms with E-state index in [4.69, 9.17) is 4.74 Å². The van der Waals surface area contributed by atoms with Crippen molar-refractivity contribution >= 4 is 5.91 Å². The van der Waals surface area contributed by atoms with Crippen molar-refractivity contribution in [3.05, 3.63) is 54.1 Å². The number of rotatable bonds is 6. The minimum absolute atomic E-state index is 0.113. The number of nitrogens with zero attached hydrogens (tertiary/aromatic N) is 1. The lowest BCUT2D eigenvalue weighted by atomic mass is 10.2. The van der Waals surface area contributed by atoms with Crippen LogP contribution in [0.15, 0.2) is 42.7 Å². The summed E-state index contributed by atoms with van der Waals surface area (Å²) in [6.07, 6.45) is 4.74. The van der Waals surface area contributed by atoms with Gasteiger partial charge in [-0.1, -0.05) is 6.07 Å². The highest BCUT2D eigenvalue weighted by molar-refractivity contribution is 5.77. The zero-order valence-corrected chi connectivity index (χ0v) is 11.3. The molecule has 0 aliphatic rings. The number of carbonyl (C=O) groups is 1. The van der Waals surface area contributed by atoms with E-state index in [1.54, 1.807) is 6.07 Å². The molecule has 0 saturated heterocycles. The first-order valence-electron chi connectivity index (χ1n) is 6.39. The summed E-state index contributed by atoms with van der Waals surface area (Å²) in [5.41, 5.74) is 1.17. The molecule has 2 rings (SSSR count). The number of ether oxygens (including phenoxy) is 1. The van der Waals surface area contributed by atoms with E-state index in [1.165, 1.54) is 23.8 Å². The number of hydrogen-bond donors (Lipinski definition) is 1. The summed E-state index contributed by atoms with van der Waals surface area (Å²) in [6, 6.07) is 7.73. The van der Waals surface area contributed by atoms with Gasteiger partial charge in [-0.05, 0) is 30.2 Å². The first-order valence-corrected chi connectivity index (χ1v) is 6.39. The second kappa shape index (κ2) is 6.75. The molecule has 106 valence electrons. The molecular weight excluding hydrogens is 259 g/mol. The molecule has 0 aliphatic carbocycles. The molecule has 1 aromatic carbocycles. The highest BCUT2D eigenvalue weighted by Crippen LogP contribution is 2.11. The van der Waals surface area contributed by atoms with Crippen molar-refractivity contribution in [2.24, 2.45) is 7.05 Å². The Morgan fingerprint density at radius 3 is 2.95 bits per heavy atom. The first-order chi connectivity index (χ1) is 9.63. The topological polar surface area (TPSA) is 43.3 Å². The van der Waals surface area contributed by atoms with Crippen molar-refractivity contribution in [3.63, 3.8) is 0 Å². The molecule has 4 nitrogen and oxygen atoms in total. The Kier molecular flexibility index (Phi) is 4.76. The minimum atomic E-state index is -0.382. The summed E-state index contributed by atoms with van der Waals surface area (Å²) in [6.45, 7) is 0.438. The summed E-state index contributed by atoms with van der Waals surface area (Å²) in [5.74, 6) is -0.250. The summed E-state index contributed by atoms with van der Waals surface area (Å²) in [4.78, 5) is 11.6. The molecule has 1 aromatic heterocycles. The smallest absolute Gasteiger partial charge is 0.257 e. The summed E-state index contributed by atoms with van der Waals surface area (Å²) >= 11 is 0. The van der Waals surface area contributed by atoms with Crippen molar-refractivity contribution in [1.82, 2.24) is 9.88 Å². The highest BCUT2D eigenvalue weighted by Gasteiger charge is 2.03. The van der Waals surface area contributed by atoms with Crippen LogP contribution in [0.25, 0.3) is 0 Å². The lowest BCUT2D eigenvalue weighted by molar-refractivity contribution is -0.123. The van der Waals surface area contributed by atoms with Gasteiger partial charge in [0.25, 0.3) is 5.91 Å². The first kappa shape index (κ1) is 14.1. The average Bonchev–Trinajstić information content (AvgIpc) is 2.82. The van der Waals surface area contributed by atoms with Gasteiger partial charge in [-0.2, -0.15) is 0 Å². The van der Waals surface area contributed by atoms with E-state index in [0.29, 0.717) is 12.3 Å². The van der Waals surface area contributed by atoms with Crippen molar-refractivity contribution in [3.8, 4) is 5.75 Å². The van der Waals surface area contributed by atoms with Gasteiger partial charge in [-0.25, -0.2) is 4.39 Å². The van der Waals surface area contributed by atoms with Crippen LogP contribution < -0.4 is 10.1 Å². The SMILES string of the molecule is Cn1ccc(CCNC(=O)COc2cccc(F)c2)c1. The predicted octanol–water partition coefficient (Wildman–Crippen LogP) is 1.90. The Morgan fingerprint density at radius 1 is 1.40 bits per heavy atom. The van der Waals surface area contributed by atoms with E-state index >= 15 is 0 Å². The third-order valence-electron chi connectivity index (χ3n) is 2.80. The fourth-order valence-corrected chi connectivity index (χ4v) is 1.81. The molecule has 0 unspecified atom stereocenters. The van der Waals surface area contributed by atoms with Crippen LogP contribution in [0.4, 0.5) is 4.39 Å². The lowest BCUT2D eigenvalue weighted by Gasteiger charge is -2.07. The second-order valence-corrected chi connectivity index (χ2v) is 4.53. The number of carbonyl (C=O) groups excluding carboxylic acids is 1. The third-order valence-corrected chi connectivity index (χ3v) is 2.80. The van der Waals surface area contributed by atoms with E-state index in [9.17, 15) is 9.18 Å². The number of amides is 1. The van der Waals surface area contributed by atoms with Crippen LogP contribution >= 0.6 is 0 Å². The fraction of sp³-hybridized carbons (Fsp3) is 0.267. The maximum Gasteiger partial charge on any atom is 0.257 e. The predicted molar refractivity (Wildman–Crippen MR) is 74.0 cm³/mol. The van der Waals surface area contributed by atoms with Gasteiger partial charge in [-0.3, -0.25) is 4.79 Å². The Labute approximate surface area is 117 Å². The van der Waals surface area contributed by atoms with Gasteiger partial charge in [-0.15, -0.1) is 0 Å². The van der Waals surface area contributed by atoms with Gasteiger partial charge >= 0.3 is 0 Å². The van der Waals surface area contributed by atoms with Crippen molar-refractivity contribution in [2.45, 2.75) is 6.42 Å². The monoisotopic (exact) mass is 276 g/mol. The molecule has 5 heteroatoms. The van der Waals surface area contributed by atoms with Crippen LogP contribution in [0.5, 0.6) is 5.75 Å². The molecule has 1 amide bonds. The quantitative estimate of drug-likeness (QED) is 0.875. The summed E-state index contributed by atoms with van der Waals surface area (Å²) in [7, 11) is 1.95. The van der Waals surface area contributed by atoms with Crippen LogP contribution in [0, 0.1) is 5.82 Å². The van der Waals surface area contributed by atoms with Crippen LogP contribution in [-0.2, 0) is 18.3 Å². The van der Waals surface area contributed by atoms with Gasteiger partial charge in [0.2, 0.25) is 0 Å². The van der Waals surface area contributed by atoms with Crippen molar-refractivity contribution in [2.75, 3.05) is 13.2 Å². The number of nitrogens with one attached hydrogen (secondary N) is 1. The maximum atomic E-state index is 12.9. The van der Waals surface area contributed by atoms with Crippen LogP contribution in [0.1, 0.15) is 5.56 Å². The normalized spacial score (nSPS) is 10.3. The third kappa shape index (κ3) is 4.42. The van der Waals surface area contributed by atoms with Crippen LogP contribution in [0.3, 0.4) is 0 Å². The van der Waals surface area contributed by atoms with Gasteiger partial charge < -0.3 is 14.6 Å². The molecule has 20 heavy (non-hydrogen) atoms. The Morgan fingerprint density at radius 2 is 2.25 bits per heavy atom. The minimum Gasteiger partial charge on any atom is -0.484 e. The lowest BCUT2D eigenvalue weighted by Crippen LogP contribution is -2.30. The van der Waals surface area contributed by atoms with E-state index in [1.807, 2.05) is 30.1 Å². The highest BCUT2D eigenvalue weighted by atomic mass is 19.1. The van der Waals surface area contributed by atoms with E-state index in [0.717, 1.165) is 6.42 Å². The van der Waals surface area contributed by atoms with Gasteiger partial charge in [0.1, 0.15) is 11.6 Å². The number of hydrogen-bond acceptors (Lipinski definition) is 2. The number of aryl methyl sites for hydroxylation is 1. The Bertz CT molecular complexity index is 581. The maximum absolute atomic E-state index is 12.9. The molecule has 1 heterocycles. The van der Waals surface area contributed by atoms with Gasteiger partial charge in [0, 0.05) is 32.1 Å². The van der Waals surface area contributed by atoms with Gasteiger partial charge in [0.05, 0.1) is 0 Å². The van der Waals surface area contributed by atoms with E-state index < -0.39 is 0 Å². The van der Waals surface area contributed by atoms with Crippen LogP contribution in [-0.4, -0.2) is 23.6 Å². The molecule has 0 aliphatic heterocycles. The van der Waals surface area contributed by atoms with Crippen molar-refractivity contribution < 1.29 is 13.9 Å². The molecular formula is C15H17FN2O2. The van der Waals surface area contributed by atoms with Crippen LogP contribution in [0.2, 0.25) is 0 Å². The van der Waals surface area contributed by atoms with Crippen molar-refractivity contribution in [1.29, 1.82) is 0 Å². The van der Waals surface area contributed by atoms with Gasteiger partial charge in [0.15, 0.2) is 6.61 Å². The molecule has 0 radical (unpaired) electrons. The molecule has 0 spiro atoms.